The molecule has 9 heteroatoms. The molecule has 3 heterocycles. The van der Waals surface area contributed by atoms with Gasteiger partial charge in [0.1, 0.15) is 12.4 Å². The number of carbonyl (C=O) groups excluding carboxylic acids is 3. The van der Waals surface area contributed by atoms with Crippen molar-refractivity contribution in [2.45, 2.75) is 43.7 Å². The number of fused-ring (bicyclic) bond motifs is 1. The molecule has 174 valence electrons. The van der Waals surface area contributed by atoms with Gasteiger partial charge < -0.3 is 20.1 Å². The van der Waals surface area contributed by atoms with E-state index in [0.717, 1.165) is 30.8 Å². The van der Waals surface area contributed by atoms with Crippen LogP contribution in [0, 0.1) is 0 Å². The van der Waals surface area contributed by atoms with Crippen LogP contribution in [0.3, 0.4) is 0 Å². The second-order valence-corrected chi connectivity index (χ2v) is 9.65. The Morgan fingerprint density at radius 1 is 1.25 bits per heavy atom. The molecule has 0 radical (unpaired) electrons. The lowest BCUT2D eigenvalue weighted by molar-refractivity contribution is -0.163. The number of aryl methyl sites for hydroxylation is 1. The third-order valence-electron chi connectivity index (χ3n) is 6.21. The summed E-state index contributed by atoms with van der Waals surface area (Å²) in [7, 11) is 0. The van der Waals surface area contributed by atoms with Gasteiger partial charge in [-0.05, 0) is 43.7 Å². The van der Waals surface area contributed by atoms with Gasteiger partial charge in [-0.25, -0.2) is 0 Å². The first-order valence-electron chi connectivity index (χ1n) is 11.4. The summed E-state index contributed by atoms with van der Waals surface area (Å²) in [6.07, 6.45) is 3.90. The minimum Gasteiger partial charge on any atom is -0.491 e. The average molecular weight is 462 g/mol. The Balaban J connectivity index is 1.38. The number of amides is 2. The Bertz CT molecular complexity index is 851. The smallest absolute Gasteiger partial charge is 0.253 e. The van der Waals surface area contributed by atoms with Gasteiger partial charge in [0, 0.05) is 18.8 Å². The minimum atomic E-state index is -0.976. The van der Waals surface area contributed by atoms with Crippen LogP contribution in [0.1, 0.15) is 31.2 Å². The highest BCUT2D eigenvalue weighted by Crippen LogP contribution is 2.27. The van der Waals surface area contributed by atoms with Gasteiger partial charge in [0.05, 0.1) is 25.7 Å². The number of rotatable bonds is 3. The van der Waals surface area contributed by atoms with Crippen LogP contribution < -0.4 is 15.4 Å². The van der Waals surface area contributed by atoms with Crippen molar-refractivity contribution in [3.63, 3.8) is 0 Å². The molecule has 2 unspecified atom stereocenters. The van der Waals surface area contributed by atoms with Crippen LogP contribution >= 0.6 is 11.8 Å². The first kappa shape index (κ1) is 23.1. The lowest BCUT2D eigenvalue weighted by atomic mass is 9.91. The van der Waals surface area contributed by atoms with Crippen molar-refractivity contribution in [3.05, 3.63) is 29.8 Å². The third-order valence-corrected chi connectivity index (χ3v) is 7.22. The zero-order chi connectivity index (χ0) is 22.4. The zero-order valence-electron chi connectivity index (χ0n) is 18.3. The van der Waals surface area contributed by atoms with Gasteiger partial charge in [-0.2, -0.15) is 0 Å². The molecule has 2 N–H and O–H groups in total. The highest BCUT2D eigenvalue weighted by atomic mass is 32.2. The normalized spacial score (nSPS) is 27.6. The van der Waals surface area contributed by atoms with Crippen molar-refractivity contribution >= 4 is 28.7 Å². The molecule has 32 heavy (non-hydrogen) atoms. The SMILES string of the molecule is O=C(CN1CCOC2(CCCCc3ccccc3OCCNC2=O)C1)NC1CCSC1=O. The first-order valence-corrected chi connectivity index (χ1v) is 12.4. The molecular weight excluding hydrogens is 430 g/mol. The molecule has 2 saturated heterocycles. The zero-order valence-corrected chi connectivity index (χ0v) is 19.1. The fraction of sp³-hybridized carbons (Fsp3) is 0.609. The van der Waals surface area contributed by atoms with Gasteiger partial charge in [-0.3, -0.25) is 19.3 Å². The highest BCUT2D eigenvalue weighted by molar-refractivity contribution is 8.14. The Morgan fingerprint density at radius 3 is 2.97 bits per heavy atom. The summed E-state index contributed by atoms with van der Waals surface area (Å²) < 4.78 is 12.0. The number of ether oxygens (including phenoxy) is 2. The number of morpholine rings is 1. The van der Waals surface area contributed by atoms with E-state index >= 15 is 0 Å². The van der Waals surface area contributed by atoms with Crippen LogP contribution in [-0.2, 0) is 25.5 Å². The standard InChI is InChI=1S/C23H31N3O5S/c27-20(25-18-8-14-32-21(18)28)15-26-11-13-31-23(16-26)9-4-3-6-17-5-1-2-7-19(17)30-12-10-24-22(23)29/h1-2,5,7,18H,3-4,6,8-16H2,(H,24,29)(H,25,27). The molecule has 8 nitrogen and oxygen atoms in total. The lowest BCUT2D eigenvalue weighted by Gasteiger charge is -2.41. The molecule has 0 aliphatic carbocycles. The van der Waals surface area contributed by atoms with Crippen LogP contribution in [0.5, 0.6) is 5.75 Å². The van der Waals surface area contributed by atoms with Gasteiger partial charge in [0.25, 0.3) is 5.91 Å². The number of carbonyl (C=O) groups is 3. The van der Waals surface area contributed by atoms with E-state index in [4.69, 9.17) is 9.47 Å². The van der Waals surface area contributed by atoms with Crippen LogP contribution in [0.25, 0.3) is 0 Å². The summed E-state index contributed by atoms with van der Waals surface area (Å²) in [5, 5.41) is 5.83. The van der Waals surface area contributed by atoms with E-state index in [2.05, 4.69) is 16.7 Å². The van der Waals surface area contributed by atoms with Crippen molar-refractivity contribution in [2.24, 2.45) is 0 Å². The van der Waals surface area contributed by atoms with Crippen LogP contribution in [0.4, 0.5) is 0 Å². The fourth-order valence-corrected chi connectivity index (χ4v) is 5.46. The van der Waals surface area contributed by atoms with Crippen LogP contribution in [0.15, 0.2) is 24.3 Å². The lowest BCUT2D eigenvalue weighted by Crippen LogP contribution is -2.61. The number of nitrogens with zero attached hydrogens (tertiary/aromatic N) is 1. The Morgan fingerprint density at radius 2 is 2.12 bits per heavy atom. The summed E-state index contributed by atoms with van der Waals surface area (Å²) in [5.74, 6) is 1.30. The van der Waals surface area contributed by atoms with E-state index in [1.807, 2.05) is 23.1 Å². The van der Waals surface area contributed by atoms with Crippen LogP contribution in [0.2, 0.25) is 0 Å². The number of hydrogen-bond acceptors (Lipinski definition) is 7. The summed E-state index contributed by atoms with van der Waals surface area (Å²) in [4.78, 5) is 39.4. The van der Waals surface area contributed by atoms with E-state index in [-0.39, 0.29) is 23.5 Å². The molecule has 3 aliphatic rings. The van der Waals surface area contributed by atoms with Gasteiger partial charge in [0.15, 0.2) is 5.60 Å². The summed E-state index contributed by atoms with van der Waals surface area (Å²) in [6.45, 7) is 2.25. The third kappa shape index (κ3) is 5.63. The Hall–Kier alpha value is -2.10. The van der Waals surface area contributed by atoms with Crippen molar-refractivity contribution in [1.82, 2.24) is 15.5 Å². The molecule has 0 aromatic heterocycles. The monoisotopic (exact) mass is 461 g/mol. The maximum atomic E-state index is 13.1. The molecule has 3 aliphatic heterocycles. The number of hydrogen-bond donors (Lipinski definition) is 2. The molecule has 2 fully saturated rings. The van der Waals surface area contributed by atoms with Gasteiger partial charge in [-0.15, -0.1) is 0 Å². The minimum absolute atomic E-state index is 0.0271. The maximum Gasteiger partial charge on any atom is 0.253 e. The summed E-state index contributed by atoms with van der Waals surface area (Å²) in [6, 6.07) is 7.63. The number of nitrogens with one attached hydrogen (secondary N) is 2. The van der Waals surface area contributed by atoms with Crippen molar-refractivity contribution in [2.75, 3.05) is 45.1 Å². The van der Waals surface area contributed by atoms with E-state index in [1.165, 1.54) is 17.3 Å². The summed E-state index contributed by atoms with van der Waals surface area (Å²) in [5.41, 5.74) is 0.201. The van der Waals surface area contributed by atoms with Crippen molar-refractivity contribution in [1.29, 1.82) is 0 Å². The Labute approximate surface area is 192 Å². The highest BCUT2D eigenvalue weighted by Gasteiger charge is 2.43. The van der Waals surface area contributed by atoms with Gasteiger partial charge in [-0.1, -0.05) is 30.0 Å². The van der Waals surface area contributed by atoms with Gasteiger partial charge in [0.2, 0.25) is 11.0 Å². The Kier molecular flexibility index (Phi) is 7.70. The van der Waals surface area contributed by atoms with E-state index in [9.17, 15) is 14.4 Å². The summed E-state index contributed by atoms with van der Waals surface area (Å²) >= 11 is 1.27. The predicted octanol–water partition coefficient (Wildman–Crippen LogP) is 1.13. The average Bonchev–Trinajstić information content (AvgIpc) is 3.18. The number of benzene rings is 1. The van der Waals surface area contributed by atoms with E-state index < -0.39 is 11.6 Å². The van der Waals surface area contributed by atoms with Crippen molar-refractivity contribution in [3.8, 4) is 5.75 Å². The molecule has 2 amide bonds. The predicted molar refractivity (Wildman–Crippen MR) is 122 cm³/mol. The molecule has 1 spiro atoms. The maximum absolute atomic E-state index is 13.1. The second kappa shape index (κ2) is 10.7. The quantitative estimate of drug-likeness (QED) is 0.696. The topological polar surface area (TPSA) is 97.0 Å². The van der Waals surface area contributed by atoms with E-state index in [1.54, 1.807) is 0 Å². The molecule has 0 bridgehead atoms. The second-order valence-electron chi connectivity index (χ2n) is 8.55. The first-order chi connectivity index (χ1) is 15.6. The number of para-hydroxylation sites is 1. The molecule has 4 rings (SSSR count). The van der Waals surface area contributed by atoms with Crippen molar-refractivity contribution < 1.29 is 23.9 Å². The molecular formula is C23H31N3O5S. The molecule has 0 saturated carbocycles. The number of thioether (sulfide) groups is 1. The molecule has 1 aromatic rings. The van der Waals surface area contributed by atoms with Gasteiger partial charge >= 0.3 is 0 Å². The molecule has 2 atom stereocenters. The van der Waals surface area contributed by atoms with E-state index in [0.29, 0.717) is 45.7 Å². The van der Waals surface area contributed by atoms with Crippen LogP contribution in [-0.4, -0.2) is 78.6 Å². The largest absolute Gasteiger partial charge is 0.491 e. The molecule has 1 aromatic carbocycles. The fourth-order valence-electron chi connectivity index (χ4n) is 4.53.